The van der Waals surface area contributed by atoms with E-state index in [4.69, 9.17) is 20.2 Å². The molecule has 2 aliphatic heterocycles. The van der Waals surface area contributed by atoms with Crippen LogP contribution in [0.1, 0.15) is 11.1 Å². The molecule has 4 heterocycles. The van der Waals surface area contributed by atoms with Crippen LogP contribution in [0.25, 0.3) is 22.3 Å². The third kappa shape index (κ3) is 3.43. The SMILES string of the molecule is NC1=N[C@@]2(COC1)c1cc(-c3cccnc3F)ccc1Oc1c(F)cc(-c3ccnc(F)c3)cc12. The molecule has 2 N–H and O–H groups in total. The van der Waals surface area contributed by atoms with Crippen molar-refractivity contribution in [3.63, 3.8) is 0 Å². The predicted molar refractivity (Wildman–Crippen MR) is 123 cm³/mol. The molecule has 9 heteroatoms. The van der Waals surface area contributed by atoms with Crippen LogP contribution >= 0.6 is 0 Å². The van der Waals surface area contributed by atoms with Gasteiger partial charge in [0.1, 0.15) is 23.7 Å². The summed E-state index contributed by atoms with van der Waals surface area (Å²) in [5.41, 5.74) is 7.39. The molecule has 2 aromatic heterocycles. The number of hydrogen-bond acceptors (Lipinski definition) is 6. The predicted octanol–water partition coefficient (Wildman–Crippen LogP) is 4.96. The summed E-state index contributed by atoms with van der Waals surface area (Å²) in [5, 5.41) is 0. The van der Waals surface area contributed by atoms with Crippen LogP contribution in [0.15, 0.2) is 72.0 Å². The number of amidine groups is 1. The Balaban J connectivity index is 1.61. The lowest BCUT2D eigenvalue weighted by Crippen LogP contribution is -2.42. The Hall–Kier alpha value is -4.24. The fraction of sp³-hybridized carbons (Fsp3) is 0.115. The molecule has 0 saturated carbocycles. The first kappa shape index (κ1) is 21.3. The third-order valence-corrected chi connectivity index (χ3v) is 6.15. The average Bonchev–Trinajstić information content (AvgIpc) is 2.85. The third-order valence-electron chi connectivity index (χ3n) is 6.15. The molecule has 0 bridgehead atoms. The van der Waals surface area contributed by atoms with Gasteiger partial charge in [0.2, 0.25) is 11.9 Å². The maximum absolute atomic E-state index is 15.4. The van der Waals surface area contributed by atoms with Crippen LogP contribution in [0, 0.1) is 17.7 Å². The van der Waals surface area contributed by atoms with Crippen molar-refractivity contribution in [2.45, 2.75) is 5.54 Å². The Bertz CT molecular complexity index is 1520. The summed E-state index contributed by atoms with van der Waals surface area (Å²) in [6.07, 6.45) is 2.67. The molecule has 1 atom stereocenters. The second-order valence-corrected chi connectivity index (χ2v) is 8.31. The molecule has 0 aliphatic carbocycles. The first-order chi connectivity index (χ1) is 16.9. The van der Waals surface area contributed by atoms with Gasteiger partial charge in [-0.25, -0.2) is 14.4 Å². The van der Waals surface area contributed by atoms with Crippen LogP contribution in [0.5, 0.6) is 11.5 Å². The van der Waals surface area contributed by atoms with Crippen molar-refractivity contribution in [3.05, 3.63) is 95.8 Å². The van der Waals surface area contributed by atoms with Crippen molar-refractivity contribution in [2.75, 3.05) is 13.2 Å². The van der Waals surface area contributed by atoms with E-state index in [2.05, 4.69) is 9.97 Å². The molecule has 174 valence electrons. The van der Waals surface area contributed by atoms with E-state index in [0.29, 0.717) is 33.6 Å². The number of fused-ring (bicyclic) bond motifs is 4. The standard InChI is InChI=1S/C26H17F3N4O2/c27-20-10-16(14-5-7-31-22(28)11-14)9-19-24(20)35-21-4-3-15(17-2-1-6-32-25(17)29)8-18(21)26(19)13-34-12-23(30)33-26/h1-11H,12-13H2,(H2,30,33)/t26-/m0/s1. The molecule has 1 spiro atoms. The highest BCUT2D eigenvalue weighted by Crippen LogP contribution is 2.52. The summed E-state index contributed by atoms with van der Waals surface area (Å²) in [5.74, 6) is -1.44. The summed E-state index contributed by atoms with van der Waals surface area (Å²) in [4.78, 5) is 12.0. The number of aliphatic imine (C=N–C) groups is 1. The Morgan fingerprint density at radius 3 is 2.51 bits per heavy atom. The Morgan fingerprint density at radius 1 is 0.857 bits per heavy atom. The van der Waals surface area contributed by atoms with Gasteiger partial charge in [-0.1, -0.05) is 6.07 Å². The van der Waals surface area contributed by atoms with Gasteiger partial charge in [0.05, 0.1) is 6.61 Å². The minimum atomic E-state index is -1.26. The van der Waals surface area contributed by atoms with Gasteiger partial charge in [-0.3, -0.25) is 4.99 Å². The van der Waals surface area contributed by atoms with E-state index in [1.54, 1.807) is 42.5 Å². The number of nitrogens with zero attached hydrogens (tertiary/aromatic N) is 3. The molecule has 6 nitrogen and oxygen atoms in total. The highest BCUT2D eigenvalue weighted by Gasteiger charge is 2.46. The van der Waals surface area contributed by atoms with Gasteiger partial charge in [0.25, 0.3) is 0 Å². The topological polar surface area (TPSA) is 82.6 Å². The van der Waals surface area contributed by atoms with Crippen molar-refractivity contribution in [1.82, 2.24) is 9.97 Å². The fourth-order valence-electron chi connectivity index (χ4n) is 4.61. The van der Waals surface area contributed by atoms with E-state index in [0.717, 1.165) is 0 Å². The van der Waals surface area contributed by atoms with Crippen molar-refractivity contribution in [3.8, 4) is 33.8 Å². The van der Waals surface area contributed by atoms with Gasteiger partial charge in [-0.15, -0.1) is 0 Å². The summed E-state index contributed by atoms with van der Waals surface area (Å²) in [7, 11) is 0. The lowest BCUT2D eigenvalue weighted by Gasteiger charge is -2.39. The molecule has 2 aromatic carbocycles. The molecule has 2 aliphatic rings. The summed E-state index contributed by atoms with van der Waals surface area (Å²) in [6.45, 7) is 0.158. The number of benzene rings is 2. The summed E-state index contributed by atoms with van der Waals surface area (Å²) in [6, 6.07) is 14.0. The van der Waals surface area contributed by atoms with Crippen LogP contribution in [0.2, 0.25) is 0 Å². The Kier molecular flexibility index (Phi) is 4.82. The normalized spacial score (nSPS) is 18.4. The number of pyridine rings is 2. The zero-order valence-electron chi connectivity index (χ0n) is 18.1. The highest BCUT2D eigenvalue weighted by molar-refractivity contribution is 5.84. The van der Waals surface area contributed by atoms with Crippen LogP contribution < -0.4 is 10.5 Å². The number of ether oxygens (including phenoxy) is 2. The second kappa shape index (κ2) is 7.92. The van der Waals surface area contributed by atoms with Crippen LogP contribution in [-0.4, -0.2) is 29.0 Å². The number of rotatable bonds is 2. The van der Waals surface area contributed by atoms with Gasteiger partial charge >= 0.3 is 0 Å². The average molecular weight is 474 g/mol. The number of hydrogen-bond donors (Lipinski definition) is 1. The van der Waals surface area contributed by atoms with E-state index in [9.17, 15) is 8.78 Å². The molecule has 0 radical (unpaired) electrons. The smallest absolute Gasteiger partial charge is 0.220 e. The van der Waals surface area contributed by atoms with Crippen LogP contribution in [-0.2, 0) is 10.3 Å². The quantitative estimate of drug-likeness (QED) is 0.415. The molecule has 35 heavy (non-hydrogen) atoms. The minimum absolute atomic E-state index is 0.0295. The largest absolute Gasteiger partial charge is 0.453 e. The van der Waals surface area contributed by atoms with Crippen LogP contribution in [0.3, 0.4) is 0 Å². The second-order valence-electron chi connectivity index (χ2n) is 8.31. The van der Waals surface area contributed by atoms with Crippen molar-refractivity contribution in [2.24, 2.45) is 10.7 Å². The number of aromatic nitrogens is 2. The van der Waals surface area contributed by atoms with Gasteiger partial charge in [0, 0.05) is 35.2 Å². The Morgan fingerprint density at radius 2 is 1.71 bits per heavy atom. The fourth-order valence-corrected chi connectivity index (χ4v) is 4.61. The van der Waals surface area contributed by atoms with Gasteiger partial charge < -0.3 is 15.2 Å². The minimum Gasteiger partial charge on any atom is -0.453 e. The monoisotopic (exact) mass is 474 g/mol. The highest BCUT2D eigenvalue weighted by atomic mass is 19.1. The first-order valence-corrected chi connectivity index (χ1v) is 10.8. The molecule has 0 unspecified atom stereocenters. The van der Waals surface area contributed by atoms with E-state index < -0.39 is 23.3 Å². The summed E-state index contributed by atoms with van der Waals surface area (Å²) >= 11 is 0. The maximum atomic E-state index is 15.4. The molecule has 0 saturated heterocycles. The van der Waals surface area contributed by atoms with Crippen molar-refractivity contribution < 1.29 is 22.6 Å². The Labute approximate surface area is 197 Å². The van der Waals surface area contributed by atoms with E-state index in [1.807, 2.05) is 0 Å². The lowest BCUT2D eigenvalue weighted by molar-refractivity contribution is 0.109. The zero-order chi connectivity index (χ0) is 24.2. The molecule has 4 aromatic rings. The van der Waals surface area contributed by atoms with Crippen molar-refractivity contribution in [1.29, 1.82) is 0 Å². The maximum Gasteiger partial charge on any atom is 0.220 e. The van der Waals surface area contributed by atoms with Crippen LogP contribution in [0.4, 0.5) is 13.2 Å². The molecule has 6 rings (SSSR count). The molecule has 0 amide bonds. The molecule has 0 fully saturated rings. The summed E-state index contributed by atoms with van der Waals surface area (Å²) < 4.78 is 55.4. The van der Waals surface area contributed by atoms with E-state index in [-0.39, 0.29) is 30.4 Å². The van der Waals surface area contributed by atoms with E-state index in [1.165, 1.54) is 24.5 Å². The first-order valence-electron chi connectivity index (χ1n) is 10.8. The number of halogens is 3. The molecular formula is C26H17F3N4O2. The van der Waals surface area contributed by atoms with Gasteiger partial charge in [0.15, 0.2) is 11.6 Å². The van der Waals surface area contributed by atoms with Gasteiger partial charge in [-0.05, 0) is 59.2 Å². The van der Waals surface area contributed by atoms with E-state index >= 15 is 4.39 Å². The lowest BCUT2D eigenvalue weighted by atomic mass is 9.78. The van der Waals surface area contributed by atoms with Gasteiger partial charge in [-0.2, -0.15) is 8.78 Å². The van der Waals surface area contributed by atoms with Crippen molar-refractivity contribution >= 4 is 5.84 Å². The molecular weight excluding hydrogens is 457 g/mol. The zero-order valence-corrected chi connectivity index (χ0v) is 18.1. The number of nitrogens with two attached hydrogens (primary N) is 1.